The molecular weight excluding hydrogens is 274 g/mol. The second-order valence-corrected chi connectivity index (χ2v) is 6.01. The van der Waals surface area contributed by atoms with Crippen molar-refractivity contribution >= 4 is 6.03 Å². The van der Waals surface area contributed by atoms with Gasteiger partial charge in [0.05, 0.1) is 6.04 Å². The molecule has 1 aromatic heterocycles. The van der Waals surface area contributed by atoms with Gasteiger partial charge in [-0.15, -0.1) is 0 Å². The molecule has 1 aliphatic rings. The van der Waals surface area contributed by atoms with Gasteiger partial charge in [0.2, 0.25) is 0 Å². The number of aryl methyl sites for hydroxylation is 1. The van der Waals surface area contributed by atoms with Gasteiger partial charge in [0.25, 0.3) is 0 Å². The average molecular weight is 295 g/mol. The number of likely N-dealkylation sites (tertiary alicyclic amines) is 1. The quantitative estimate of drug-likeness (QED) is 0.944. The van der Waals surface area contributed by atoms with Crippen LogP contribution in [-0.4, -0.2) is 22.5 Å². The first kappa shape index (κ1) is 14.6. The third-order valence-electron chi connectivity index (χ3n) is 4.14. The molecule has 1 N–H and O–H groups in total. The van der Waals surface area contributed by atoms with Gasteiger partial charge in [-0.25, -0.2) is 4.79 Å². The predicted octanol–water partition coefficient (Wildman–Crippen LogP) is 3.29. The summed E-state index contributed by atoms with van der Waals surface area (Å²) >= 11 is 0. The molecule has 0 spiro atoms. The van der Waals surface area contributed by atoms with Gasteiger partial charge in [-0.1, -0.05) is 43.3 Å². The first-order chi connectivity index (χ1) is 10.6. The molecule has 22 heavy (non-hydrogen) atoms. The van der Waals surface area contributed by atoms with Crippen molar-refractivity contribution in [2.24, 2.45) is 5.92 Å². The number of carbonyl (C=O) groups is 1. The molecule has 0 saturated carbocycles. The largest absolute Gasteiger partial charge is 0.334 e. The van der Waals surface area contributed by atoms with Crippen LogP contribution in [0.5, 0.6) is 0 Å². The number of urea groups is 1. The molecule has 2 aromatic rings. The minimum atomic E-state index is -0.00606. The van der Waals surface area contributed by atoms with E-state index < -0.39 is 0 Å². The van der Waals surface area contributed by atoms with Crippen molar-refractivity contribution in [1.29, 1.82) is 0 Å². The van der Waals surface area contributed by atoms with Crippen LogP contribution in [0.4, 0.5) is 4.79 Å². The summed E-state index contributed by atoms with van der Waals surface area (Å²) in [4.78, 5) is 18.5. The van der Waals surface area contributed by atoms with Crippen LogP contribution in [0.1, 0.15) is 29.7 Å². The Balaban J connectivity index is 1.63. The Morgan fingerprint density at radius 2 is 2.09 bits per heavy atom. The molecule has 114 valence electrons. The number of carbonyl (C=O) groups excluding carboxylic acids is 1. The van der Waals surface area contributed by atoms with Crippen LogP contribution in [0.3, 0.4) is 0 Å². The molecule has 0 unspecified atom stereocenters. The molecule has 1 fully saturated rings. The molecule has 0 bridgehead atoms. The molecule has 2 atom stereocenters. The van der Waals surface area contributed by atoms with Crippen LogP contribution in [0, 0.1) is 12.8 Å². The fourth-order valence-electron chi connectivity index (χ4n) is 3.05. The fraction of sp³-hybridized carbons (Fsp3) is 0.333. The third kappa shape index (κ3) is 2.96. The maximum Gasteiger partial charge on any atom is 0.318 e. The molecule has 4 heteroatoms. The summed E-state index contributed by atoms with van der Waals surface area (Å²) in [5.74, 6) is 0.494. The van der Waals surface area contributed by atoms with E-state index in [0.717, 1.165) is 17.7 Å². The first-order valence-corrected chi connectivity index (χ1v) is 7.65. The summed E-state index contributed by atoms with van der Waals surface area (Å²) < 4.78 is 0. The van der Waals surface area contributed by atoms with E-state index in [0.29, 0.717) is 12.5 Å². The maximum atomic E-state index is 12.4. The Labute approximate surface area is 131 Å². The van der Waals surface area contributed by atoms with Crippen LogP contribution in [0.15, 0.2) is 48.8 Å². The van der Waals surface area contributed by atoms with Gasteiger partial charge < -0.3 is 10.2 Å². The molecule has 0 aliphatic carbocycles. The number of rotatable bonds is 3. The van der Waals surface area contributed by atoms with Gasteiger partial charge in [0.15, 0.2) is 0 Å². The minimum absolute atomic E-state index is 0.00606. The van der Waals surface area contributed by atoms with Crippen molar-refractivity contribution in [1.82, 2.24) is 15.2 Å². The van der Waals surface area contributed by atoms with Gasteiger partial charge in [-0.3, -0.25) is 4.98 Å². The molecule has 2 heterocycles. The van der Waals surface area contributed by atoms with Crippen molar-refractivity contribution in [3.05, 3.63) is 65.5 Å². The Bertz CT molecular complexity index is 656. The van der Waals surface area contributed by atoms with Gasteiger partial charge in [0.1, 0.15) is 0 Å². The number of amides is 2. The van der Waals surface area contributed by atoms with E-state index in [9.17, 15) is 4.79 Å². The lowest BCUT2D eigenvalue weighted by atomic mass is 9.85. The van der Waals surface area contributed by atoms with Crippen LogP contribution in [0.25, 0.3) is 0 Å². The topological polar surface area (TPSA) is 45.2 Å². The van der Waals surface area contributed by atoms with E-state index >= 15 is 0 Å². The second kappa shape index (κ2) is 6.18. The van der Waals surface area contributed by atoms with Crippen molar-refractivity contribution in [3.8, 4) is 0 Å². The number of nitrogens with zero attached hydrogens (tertiary/aromatic N) is 2. The Kier molecular flexibility index (Phi) is 4.09. The van der Waals surface area contributed by atoms with Crippen molar-refractivity contribution in [2.75, 3.05) is 6.54 Å². The number of pyridine rings is 1. The zero-order valence-corrected chi connectivity index (χ0v) is 13.0. The molecule has 1 aliphatic heterocycles. The summed E-state index contributed by atoms with van der Waals surface area (Å²) in [6.45, 7) is 5.50. The van der Waals surface area contributed by atoms with E-state index in [1.807, 2.05) is 42.3 Å². The van der Waals surface area contributed by atoms with Crippen molar-refractivity contribution < 1.29 is 4.79 Å². The second-order valence-electron chi connectivity index (χ2n) is 6.01. The third-order valence-corrected chi connectivity index (χ3v) is 4.14. The van der Waals surface area contributed by atoms with E-state index in [2.05, 4.69) is 29.4 Å². The van der Waals surface area contributed by atoms with E-state index in [-0.39, 0.29) is 12.1 Å². The summed E-state index contributed by atoms with van der Waals surface area (Å²) in [6, 6.07) is 12.4. The monoisotopic (exact) mass is 295 g/mol. The van der Waals surface area contributed by atoms with Crippen LogP contribution >= 0.6 is 0 Å². The smallest absolute Gasteiger partial charge is 0.318 e. The fourth-order valence-corrected chi connectivity index (χ4v) is 3.05. The van der Waals surface area contributed by atoms with Crippen molar-refractivity contribution in [2.45, 2.75) is 26.4 Å². The Hall–Kier alpha value is -2.36. The molecule has 1 saturated heterocycles. The summed E-state index contributed by atoms with van der Waals surface area (Å²) in [7, 11) is 0. The number of nitrogens with one attached hydrogen (secondary N) is 1. The lowest BCUT2D eigenvalue weighted by molar-refractivity contribution is 0.0591. The highest BCUT2D eigenvalue weighted by atomic mass is 16.2. The number of hydrogen-bond donors (Lipinski definition) is 1. The van der Waals surface area contributed by atoms with Gasteiger partial charge in [-0.05, 0) is 29.5 Å². The summed E-state index contributed by atoms with van der Waals surface area (Å²) in [5, 5.41) is 3.00. The normalized spacial score (nSPS) is 20.4. The van der Waals surface area contributed by atoms with Crippen LogP contribution in [-0.2, 0) is 6.54 Å². The Morgan fingerprint density at radius 3 is 2.77 bits per heavy atom. The highest BCUT2D eigenvalue weighted by molar-refractivity contribution is 5.75. The first-order valence-electron chi connectivity index (χ1n) is 7.65. The average Bonchev–Trinajstić information content (AvgIpc) is 2.51. The molecule has 0 radical (unpaired) electrons. The van der Waals surface area contributed by atoms with E-state index in [1.54, 1.807) is 6.20 Å². The zero-order chi connectivity index (χ0) is 15.5. The molecule has 2 amide bonds. The summed E-state index contributed by atoms with van der Waals surface area (Å²) in [6.07, 6.45) is 3.61. The zero-order valence-electron chi connectivity index (χ0n) is 13.0. The molecule has 3 rings (SSSR count). The Morgan fingerprint density at radius 1 is 1.32 bits per heavy atom. The highest BCUT2D eigenvalue weighted by Crippen LogP contribution is 2.38. The lowest BCUT2D eigenvalue weighted by Gasteiger charge is -2.46. The van der Waals surface area contributed by atoms with Gasteiger partial charge in [0, 0.05) is 25.5 Å². The standard InChI is InChI=1S/C18H21N3O/c1-13-8-15(10-19-9-13)11-20-18(22)21-12-14(2)17(21)16-6-4-3-5-7-16/h3-10,14,17H,11-12H2,1-2H3,(H,20,22)/t14-,17+/m0/s1. The van der Waals surface area contributed by atoms with Gasteiger partial charge >= 0.3 is 6.03 Å². The van der Waals surface area contributed by atoms with Crippen LogP contribution < -0.4 is 5.32 Å². The lowest BCUT2D eigenvalue weighted by Crippen LogP contribution is -2.54. The highest BCUT2D eigenvalue weighted by Gasteiger charge is 2.39. The SMILES string of the molecule is Cc1cncc(CNC(=O)N2C[C@H](C)[C@@H]2c2ccccc2)c1. The number of aromatic nitrogens is 1. The molecule has 1 aromatic carbocycles. The molecule has 4 nitrogen and oxygen atoms in total. The number of hydrogen-bond acceptors (Lipinski definition) is 2. The molecular formula is C18H21N3O. The van der Waals surface area contributed by atoms with Gasteiger partial charge in [-0.2, -0.15) is 0 Å². The van der Waals surface area contributed by atoms with E-state index in [1.165, 1.54) is 5.56 Å². The van der Waals surface area contributed by atoms with Crippen LogP contribution in [0.2, 0.25) is 0 Å². The summed E-state index contributed by atoms with van der Waals surface area (Å²) in [5.41, 5.74) is 3.33. The predicted molar refractivity (Wildman–Crippen MR) is 86.3 cm³/mol. The van der Waals surface area contributed by atoms with Crippen molar-refractivity contribution in [3.63, 3.8) is 0 Å². The number of benzene rings is 1. The minimum Gasteiger partial charge on any atom is -0.334 e. The maximum absolute atomic E-state index is 12.4. The van der Waals surface area contributed by atoms with E-state index in [4.69, 9.17) is 0 Å².